The van der Waals surface area contributed by atoms with Crippen molar-refractivity contribution in [2.45, 2.75) is 58.0 Å². The number of hydrogen-bond donors (Lipinski definition) is 1. The van der Waals surface area contributed by atoms with Gasteiger partial charge in [-0.2, -0.15) is 0 Å². The van der Waals surface area contributed by atoms with Gasteiger partial charge in [0, 0.05) is 18.6 Å². The molecule has 2 fully saturated rings. The van der Waals surface area contributed by atoms with Crippen molar-refractivity contribution < 1.29 is 0 Å². The molecule has 16 heavy (non-hydrogen) atoms. The number of halogens is 1. The van der Waals surface area contributed by atoms with Gasteiger partial charge in [-0.15, -0.1) is 12.4 Å². The van der Waals surface area contributed by atoms with E-state index in [-0.39, 0.29) is 12.4 Å². The molecule has 3 heteroatoms. The first kappa shape index (κ1) is 14.3. The van der Waals surface area contributed by atoms with Crippen LogP contribution in [-0.2, 0) is 0 Å². The van der Waals surface area contributed by atoms with Gasteiger partial charge in [-0.05, 0) is 58.5 Å². The summed E-state index contributed by atoms with van der Waals surface area (Å²) in [6.07, 6.45) is 7.03. The lowest BCUT2D eigenvalue weighted by molar-refractivity contribution is 0.0770. The third-order valence-corrected chi connectivity index (χ3v) is 4.30. The molecule has 0 amide bonds. The maximum atomic E-state index is 3.46. The molecule has 2 saturated heterocycles. The molecule has 2 heterocycles. The molecule has 2 rings (SSSR count). The van der Waals surface area contributed by atoms with Crippen molar-refractivity contribution in [1.29, 1.82) is 0 Å². The quantitative estimate of drug-likeness (QED) is 0.806. The number of likely N-dealkylation sites (tertiary alicyclic amines) is 1. The smallest absolute Gasteiger partial charge is 0.00698 e. The lowest BCUT2D eigenvalue weighted by Crippen LogP contribution is -2.47. The van der Waals surface area contributed by atoms with Gasteiger partial charge in [0.15, 0.2) is 0 Å². The molecule has 0 aromatic heterocycles. The monoisotopic (exact) mass is 246 g/mol. The Hall–Kier alpha value is 0.210. The van der Waals surface area contributed by atoms with E-state index in [9.17, 15) is 0 Å². The van der Waals surface area contributed by atoms with E-state index in [0.717, 1.165) is 18.0 Å². The fourth-order valence-electron chi connectivity index (χ4n) is 3.20. The van der Waals surface area contributed by atoms with E-state index in [0.29, 0.717) is 0 Å². The van der Waals surface area contributed by atoms with Crippen molar-refractivity contribution in [2.24, 2.45) is 5.92 Å². The fraction of sp³-hybridized carbons (Fsp3) is 1.00. The van der Waals surface area contributed by atoms with Crippen LogP contribution in [0.1, 0.15) is 46.0 Å². The molecule has 0 aliphatic carbocycles. The molecule has 96 valence electrons. The number of nitrogens with zero attached hydrogens (tertiary/aromatic N) is 1. The molecule has 0 saturated carbocycles. The summed E-state index contributed by atoms with van der Waals surface area (Å²) in [4.78, 5) is 2.76. The molecule has 2 unspecified atom stereocenters. The van der Waals surface area contributed by atoms with E-state index in [4.69, 9.17) is 0 Å². The van der Waals surface area contributed by atoms with E-state index in [1.165, 1.54) is 51.7 Å². The Bertz CT molecular complexity index is 182. The molecule has 2 atom stereocenters. The Labute approximate surface area is 107 Å². The standard InChI is InChI=1S/C13H26N2.ClH/c1-11-4-3-5-12(2)15(11)10-13-6-8-14-9-7-13;/h11-14H,3-10H2,1-2H3;1H. The van der Waals surface area contributed by atoms with Gasteiger partial charge < -0.3 is 5.32 Å². The molecule has 0 radical (unpaired) electrons. The minimum absolute atomic E-state index is 0. The van der Waals surface area contributed by atoms with Crippen LogP contribution in [0.5, 0.6) is 0 Å². The van der Waals surface area contributed by atoms with Crippen LogP contribution in [0.2, 0.25) is 0 Å². The zero-order valence-corrected chi connectivity index (χ0v) is 11.6. The van der Waals surface area contributed by atoms with Crippen LogP contribution in [0.3, 0.4) is 0 Å². The van der Waals surface area contributed by atoms with Gasteiger partial charge in [-0.1, -0.05) is 6.42 Å². The molecule has 1 N–H and O–H groups in total. The summed E-state index contributed by atoms with van der Waals surface area (Å²) in [7, 11) is 0. The van der Waals surface area contributed by atoms with Crippen LogP contribution in [0.4, 0.5) is 0 Å². The number of piperidine rings is 2. The highest BCUT2D eigenvalue weighted by Gasteiger charge is 2.27. The van der Waals surface area contributed by atoms with Crippen LogP contribution in [0, 0.1) is 5.92 Å². The number of rotatable bonds is 2. The Kier molecular flexibility index (Phi) is 6.09. The van der Waals surface area contributed by atoms with Crippen molar-refractivity contribution in [3.8, 4) is 0 Å². The van der Waals surface area contributed by atoms with E-state index in [1.807, 2.05) is 0 Å². The van der Waals surface area contributed by atoms with E-state index in [2.05, 4.69) is 24.1 Å². The van der Waals surface area contributed by atoms with Gasteiger partial charge in [0.1, 0.15) is 0 Å². The summed E-state index contributed by atoms with van der Waals surface area (Å²) in [5, 5.41) is 3.46. The Morgan fingerprint density at radius 2 is 1.56 bits per heavy atom. The van der Waals surface area contributed by atoms with Crippen LogP contribution >= 0.6 is 12.4 Å². The summed E-state index contributed by atoms with van der Waals surface area (Å²) in [6.45, 7) is 8.65. The summed E-state index contributed by atoms with van der Waals surface area (Å²) in [5.74, 6) is 0.953. The second-order valence-corrected chi connectivity index (χ2v) is 5.52. The van der Waals surface area contributed by atoms with Crippen molar-refractivity contribution in [1.82, 2.24) is 10.2 Å². The maximum Gasteiger partial charge on any atom is 0.00698 e. The summed E-state index contributed by atoms with van der Waals surface area (Å²) < 4.78 is 0. The Balaban J connectivity index is 0.00000128. The zero-order chi connectivity index (χ0) is 10.7. The first-order chi connectivity index (χ1) is 7.27. The van der Waals surface area contributed by atoms with E-state index >= 15 is 0 Å². The molecule has 2 aliphatic rings. The molecule has 2 nitrogen and oxygen atoms in total. The van der Waals surface area contributed by atoms with Gasteiger partial charge in [0.25, 0.3) is 0 Å². The Morgan fingerprint density at radius 1 is 1.00 bits per heavy atom. The highest BCUT2D eigenvalue weighted by molar-refractivity contribution is 5.85. The van der Waals surface area contributed by atoms with Gasteiger partial charge >= 0.3 is 0 Å². The molecular weight excluding hydrogens is 220 g/mol. The average molecular weight is 247 g/mol. The Morgan fingerprint density at radius 3 is 2.12 bits per heavy atom. The molecule has 0 aromatic carbocycles. The summed E-state index contributed by atoms with van der Waals surface area (Å²) in [6, 6.07) is 1.65. The average Bonchev–Trinajstić information content (AvgIpc) is 2.25. The first-order valence-corrected chi connectivity index (χ1v) is 6.74. The second-order valence-electron chi connectivity index (χ2n) is 5.52. The van der Waals surface area contributed by atoms with E-state index < -0.39 is 0 Å². The van der Waals surface area contributed by atoms with Crippen LogP contribution in [0.15, 0.2) is 0 Å². The normalized spacial score (nSPS) is 33.4. The highest BCUT2D eigenvalue weighted by atomic mass is 35.5. The van der Waals surface area contributed by atoms with Gasteiger partial charge in [0.2, 0.25) is 0 Å². The van der Waals surface area contributed by atoms with E-state index in [1.54, 1.807) is 0 Å². The summed E-state index contributed by atoms with van der Waals surface area (Å²) >= 11 is 0. The predicted molar refractivity (Wildman–Crippen MR) is 72.3 cm³/mol. The first-order valence-electron chi connectivity index (χ1n) is 6.74. The second kappa shape index (κ2) is 6.83. The predicted octanol–water partition coefficient (Wildman–Crippen LogP) is 2.67. The van der Waals surface area contributed by atoms with Gasteiger partial charge in [0.05, 0.1) is 0 Å². The minimum atomic E-state index is 0. The minimum Gasteiger partial charge on any atom is -0.317 e. The third kappa shape index (κ3) is 3.61. The maximum absolute atomic E-state index is 3.46. The number of nitrogens with one attached hydrogen (secondary N) is 1. The topological polar surface area (TPSA) is 15.3 Å². The molecule has 0 aromatic rings. The number of hydrogen-bond acceptors (Lipinski definition) is 2. The lowest BCUT2D eigenvalue weighted by atomic mass is 9.92. The highest BCUT2D eigenvalue weighted by Crippen LogP contribution is 2.25. The van der Waals surface area contributed by atoms with Crippen molar-refractivity contribution >= 4 is 12.4 Å². The fourth-order valence-corrected chi connectivity index (χ4v) is 3.20. The molecular formula is C13H27ClN2. The molecule has 0 spiro atoms. The molecule has 0 bridgehead atoms. The van der Waals surface area contributed by atoms with Gasteiger partial charge in [-0.25, -0.2) is 0 Å². The van der Waals surface area contributed by atoms with Crippen LogP contribution in [0.25, 0.3) is 0 Å². The van der Waals surface area contributed by atoms with Crippen LogP contribution in [-0.4, -0.2) is 36.6 Å². The van der Waals surface area contributed by atoms with Crippen molar-refractivity contribution in [2.75, 3.05) is 19.6 Å². The SMILES string of the molecule is CC1CCCC(C)N1CC1CCNCC1.Cl. The van der Waals surface area contributed by atoms with Gasteiger partial charge in [-0.3, -0.25) is 4.90 Å². The summed E-state index contributed by atoms with van der Waals surface area (Å²) in [5.41, 5.74) is 0. The largest absolute Gasteiger partial charge is 0.317 e. The van der Waals surface area contributed by atoms with Crippen molar-refractivity contribution in [3.05, 3.63) is 0 Å². The molecule has 2 aliphatic heterocycles. The zero-order valence-electron chi connectivity index (χ0n) is 10.7. The third-order valence-electron chi connectivity index (χ3n) is 4.30. The lowest BCUT2D eigenvalue weighted by Gasteiger charge is -2.41. The van der Waals surface area contributed by atoms with Crippen LogP contribution < -0.4 is 5.32 Å². The van der Waals surface area contributed by atoms with Crippen molar-refractivity contribution in [3.63, 3.8) is 0 Å².